The van der Waals surface area contributed by atoms with Gasteiger partial charge in [0.05, 0.1) is 5.41 Å². The summed E-state index contributed by atoms with van der Waals surface area (Å²) in [5, 5.41) is 6.56. The Bertz CT molecular complexity index is 812. The lowest BCUT2D eigenvalue weighted by atomic mass is 9.70. The molecular formula is C21H28N4OS. The molecule has 27 heavy (non-hydrogen) atoms. The van der Waals surface area contributed by atoms with Crippen LogP contribution >= 0.6 is 11.3 Å². The highest BCUT2D eigenvalue weighted by molar-refractivity contribution is 7.09. The van der Waals surface area contributed by atoms with Crippen molar-refractivity contribution in [2.24, 2.45) is 18.4 Å². The lowest BCUT2D eigenvalue weighted by Crippen LogP contribution is -2.52. The van der Waals surface area contributed by atoms with E-state index < -0.39 is 0 Å². The Morgan fingerprint density at radius 3 is 2.93 bits per heavy atom. The lowest BCUT2D eigenvalue weighted by molar-refractivity contribution is -0.147. The molecule has 1 amide bonds. The number of aromatic nitrogens is 2. The summed E-state index contributed by atoms with van der Waals surface area (Å²) in [6.07, 6.45) is 6.60. The fourth-order valence-corrected chi connectivity index (χ4v) is 5.96. The van der Waals surface area contributed by atoms with E-state index >= 15 is 0 Å². The number of carbonyl (C=O) groups excluding carboxylic acids is 1. The first-order valence-electron chi connectivity index (χ1n) is 10.2. The maximum absolute atomic E-state index is 13.7. The van der Waals surface area contributed by atoms with Crippen LogP contribution in [0.15, 0.2) is 29.8 Å². The minimum Gasteiger partial charge on any atom is -0.342 e. The number of carbonyl (C=O) groups is 1. The molecule has 0 aromatic carbocycles. The number of hydrogen-bond donors (Lipinski definition) is 0. The molecule has 3 fully saturated rings. The summed E-state index contributed by atoms with van der Waals surface area (Å²) in [6.45, 7) is 4.69. The van der Waals surface area contributed by atoms with Crippen LogP contribution in [0.2, 0.25) is 0 Å². The second-order valence-electron chi connectivity index (χ2n) is 8.64. The van der Waals surface area contributed by atoms with E-state index in [4.69, 9.17) is 0 Å². The third kappa shape index (κ3) is 3.13. The van der Waals surface area contributed by atoms with Gasteiger partial charge in [-0.05, 0) is 49.1 Å². The molecule has 2 aliphatic heterocycles. The Hall–Kier alpha value is -1.66. The molecule has 4 heterocycles. The van der Waals surface area contributed by atoms with Crippen LogP contribution < -0.4 is 0 Å². The van der Waals surface area contributed by atoms with Gasteiger partial charge in [0.1, 0.15) is 0 Å². The Kier molecular flexibility index (Phi) is 4.36. The van der Waals surface area contributed by atoms with Crippen molar-refractivity contribution in [3.63, 3.8) is 0 Å². The van der Waals surface area contributed by atoms with Gasteiger partial charge in [-0.1, -0.05) is 6.07 Å². The molecule has 2 atom stereocenters. The summed E-state index contributed by atoms with van der Waals surface area (Å²) >= 11 is 1.81. The predicted molar refractivity (Wildman–Crippen MR) is 107 cm³/mol. The average molecular weight is 385 g/mol. The lowest BCUT2D eigenvalue weighted by Gasteiger charge is -2.42. The van der Waals surface area contributed by atoms with E-state index in [9.17, 15) is 4.79 Å². The first-order chi connectivity index (χ1) is 13.2. The largest absolute Gasteiger partial charge is 0.342 e. The molecule has 1 spiro atoms. The maximum Gasteiger partial charge on any atom is 0.230 e. The summed E-state index contributed by atoms with van der Waals surface area (Å²) in [6, 6.07) is 6.44. The molecule has 2 aromatic rings. The van der Waals surface area contributed by atoms with Crippen LogP contribution in [0.25, 0.3) is 0 Å². The van der Waals surface area contributed by atoms with Crippen LogP contribution in [0.5, 0.6) is 0 Å². The van der Waals surface area contributed by atoms with Gasteiger partial charge in [0.15, 0.2) is 0 Å². The predicted octanol–water partition coefficient (Wildman–Crippen LogP) is 3.10. The molecule has 6 heteroatoms. The van der Waals surface area contributed by atoms with Crippen LogP contribution in [0.1, 0.15) is 42.2 Å². The summed E-state index contributed by atoms with van der Waals surface area (Å²) in [5.74, 6) is 1.39. The fraction of sp³-hybridized carbons (Fsp3) is 0.619. The van der Waals surface area contributed by atoms with Crippen molar-refractivity contribution in [3.8, 4) is 0 Å². The minimum atomic E-state index is -0.280. The first kappa shape index (κ1) is 17.4. The zero-order valence-corrected chi connectivity index (χ0v) is 16.8. The van der Waals surface area contributed by atoms with Gasteiger partial charge >= 0.3 is 0 Å². The van der Waals surface area contributed by atoms with Gasteiger partial charge in [-0.15, -0.1) is 11.3 Å². The molecule has 0 unspecified atom stereocenters. The molecule has 0 radical (unpaired) electrons. The van der Waals surface area contributed by atoms with Gasteiger partial charge in [-0.25, -0.2) is 0 Å². The SMILES string of the molecule is Cn1nccc1[C@@H]1CN(Cc2cccs2)C[C@]12CCCN(CC1CC1)C2=O. The maximum atomic E-state index is 13.7. The summed E-state index contributed by atoms with van der Waals surface area (Å²) in [7, 11) is 2.01. The molecule has 2 aromatic heterocycles. The molecule has 144 valence electrons. The zero-order chi connectivity index (χ0) is 18.4. The number of rotatable bonds is 5. The van der Waals surface area contributed by atoms with Crippen molar-refractivity contribution in [3.05, 3.63) is 40.3 Å². The number of likely N-dealkylation sites (tertiary alicyclic amines) is 2. The van der Waals surface area contributed by atoms with Crippen molar-refractivity contribution in [1.82, 2.24) is 19.6 Å². The minimum absolute atomic E-state index is 0.236. The van der Waals surface area contributed by atoms with Crippen LogP contribution in [0.4, 0.5) is 0 Å². The second-order valence-corrected chi connectivity index (χ2v) is 9.67. The van der Waals surface area contributed by atoms with E-state index in [1.807, 2.05) is 29.3 Å². The van der Waals surface area contributed by atoms with E-state index in [0.717, 1.165) is 51.5 Å². The topological polar surface area (TPSA) is 41.4 Å². The molecule has 5 rings (SSSR count). The highest BCUT2D eigenvalue weighted by Crippen LogP contribution is 2.50. The summed E-state index contributed by atoms with van der Waals surface area (Å²) in [5.41, 5.74) is 0.934. The Balaban J connectivity index is 1.46. The Morgan fingerprint density at radius 2 is 2.22 bits per heavy atom. The zero-order valence-electron chi connectivity index (χ0n) is 16.0. The Labute approximate surface area is 165 Å². The highest BCUT2D eigenvalue weighted by Gasteiger charge is 2.56. The van der Waals surface area contributed by atoms with E-state index in [2.05, 4.69) is 38.5 Å². The molecule has 5 nitrogen and oxygen atoms in total. The summed E-state index contributed by atoms with van der Waals surface area (Å²) < 4.78 is 1.98. The average Bonchev–Trinajstić information content (AvgIpc) is 3.03. The van der Waals surface area contributed by atoms with Gasteiger partial charge in [-0.2, -0.15) is 5.10 Å². The van der Waals surface area contributed by atoms with Gasteiger partial charge in [0.2, 0.25) is 5.91 Å². The van der Waals surface area contributed by atoms with E-state index in [1.54, 1.807) is 0 Å². The number of aryl methyl sites for hydroxylation is 1. The van der Waals surface area contributed by atoms with Gasteiger partial charge in [0, 0.05) is 62.5 Å². The van der Waals surface area contributed by atoms with Crippen molar-refractivity contribution in [2.45, 2.75) is 38.1 Å². The quantitative estimate of drug-likeness (QED) is 0.795. The van der Waals surface area contributed by atoms with Gasteiger partial charge in [0.25, 0.3) is 0 Å². The molecule has 0 bridgehead atoms. The normalized spacial score (nSPS) is 29.1. The van der Waals surface area contributed by atoms with Crippen molar-refractivity contribution in [1.29, 1.82) is 0 Å². The van der Waals surface area contributed by atoms with Crippen LogP contribution in [0.3, 0.4) is 0 Å². The number of piperidine rings is 1. The number of nitrogens with zero attached hydrogens (tertiary/aromatic N) is 4. The van der Waals surface area contributed by atoms with Crippen LogP contribution in [0, 0.1) is 11.3 Å². The number of thiophene rings is 1. The number of hydrogen-bond acceptors (Lipinski definition) is 4. The smallest absolute Gasteiger partial charge is 0.230 e. The van der Waals surface area contributed by atoms with Crippen molar-refractivity contribution < 1.29 is 4.79 Å². The van der Waals surface area contributed by atoms with Crippen LogP contribution in [-0.4, -0.2) is 51.7 Å². The molecule has 2 saturated heterocycles. The van der Waals surface area contributed by atoms with Gasteiger partial charge < -0.3 is 4.90 Å². The summed E-state index contributed by atoms with van der Waals surface area (Å²) in [4.78, 5) is 19.8. The van der Waals surface area contributed by atoms with Crippen molar-refractivity contribution in [2.75, 3.05) is 26.2 Å². The fourth-order valence-electron chi connectivity index (χ4n) is 5.22. The van der Waals surface area contributed by atoms with Crippen LogP contribution in [-0.2, 0) is 18.4 Å². The molecule has 1 aliphatic carbocycles. The Morgan fingerprint density at radius 1 is 1.33 bits per heavy atom. The van der Waals surface area contributed by atoms with E-state index in [-0.39, 0.29) is 11.3 Å². The van der Waals surface area contributed by atoms with Crippen molar-refractivity contribution >= 4 is 17.2 Å². The molecular weight excluding hydrogens is 356 g/mol. The number of amides is 1. The standard InChI is InChI=1S/C21H28N4OS/c1-23-19(7-9-22-23)18-14-24(13-17-4-2-11-27-17)15-21(18)8-3-10-25(20(21)26)12-16-5-6-16/h2,4,7,9,11,16,18H,3,5-6,8,10,12-15H2,1H3/t18-,21+/m0/s1. The van der Waals surface area contributed by atoms with Gasteiger partial charge in [-0.3, -0.25) is 14.4 Å². The first-order valence-corrected chi connectivity index (χ1v) is 11.1. The van der Waals surface area contributed by atoms with E-state index in [1.165, 1.54) is 23.4 Å². The molecule has 1 saturated carbocycles. The third-order valence-corrected chi connectivity index (χ3v) is 7.59. The van der Waals surface area contributed by atoms with E-state index in [0.29, 0.717) is 5.91 Å². The second kappa shape index (κ2) is 6.74. The monoisotopic (exact) mass is 384 g/mol. The molecule has 3 aliphatic rings. The highest BCUT2D eigenvalue weighted by atomic mass is 32.1. The third-order valence-electron chi connectivity index (χ3n) is 6.73. The molecule has 0 N–H and O–H groups in total.